The number of hydrogen-bond donors (Lipinski definition) is 3. The van der Waals surface area contributed by atoms with Gasteiger partial charge < -0.3 is 15.3 Å². The topological polar surface area (TPSA) is 136 Å². The van der Waals surface area contributed by atoms with Crippen molar-refractivity contribution in [3.8, 4) is 11.1 Å². The number of aliphatic hydroxyl groups excluding tert-OH is 1. The zero-order chi connectivity index (χ0) is 52.2. The van der Waals surface area contributed by atoms with Gasteiger partial charge in [0.05, 0.1) is 16.7 Å². The molecule has 1 heterocycles. The lowest BCUT2D eigenvalue weighted by molar-refractivity contribution is -0.0726. The van der Waals surface area contributed by atoms with Gasteiger partial charge in [-0.3, -0.25) is 9.69 Å². The molecule has 0 saturated carbocycles. The number of nitrogens with one attached hydrogen (secondary N) is 2. The lowest BCUT2D eigenvalue weighted by Gasteiger charge is -2.58. The summed E-state index contributed by atoms with van der Waals surface area (Å²) in [5.41, 5.74) is -3.46. The number of carbonyl (C=O) groups is 1. The van der Waals surface area contributed by atoms with Crippen LogP contribution in [-0.2, 0) is 19.9 Å². The van der Waals surface area contributed by atoms with Crippen LogP contribution in [0, 0.1) is 16.7 Å². The van der Waals surface area contributed by atoms with Crippen molar-refractivity contribution in [3.63, 3.8) is 0 Å². The fourth-order valence-electron chi connectivity index (χ4n) is 9.79. The molecule has 17 heteroatoms. The SMILES string of the molecule is CCN(CC[C@H](CSc1ccccc1)Nc1ccc(S(=O)(=O)NC(=O)c2ccc(N3CCC([C@@H](O)c4ccccc4-c4ccc(Cl)cc4)CC3)cc2)cc1S(=O)(=O)C(F)(F)F)C(C)(C(C)(C)C)C(C)(C)C. The van der Waals surface area contributed by atoms with Gasteiger partial charge in [-0.2, -0.15) is 13.2 Å². The van der Waals surface area contributed by atoms with Gasteiger partial charge in [-0.15, -0.1) is 11.8 Å². The lowest BCUT2D eigenvalue weighted by atomic mass is 9.60. The van der Waals surface area contributed by atoms with Crippen LogP contribution < -0.4 is 14.9 Å². The Morgan fingerprint density at radius 1 is 0.817 bits per heavy atom. The third kappa shape index (κ3) is 12.8. The summed E-state index contributed by atoms with van der Waals surface area (Å²) in [6.45, 7) is 19.7. The van der Waals surface area contributed by atoms with Gasteiger partial charge >= 0.3 is 5.51 Å². The number of carbonyl (C=O) groups excluding carboxylic acids is 1. The number of hydrogen-bond acceptors (Lipinski definition) is 10. The standard InChI is InChI=1S/C54H66ClF3N4O6S3/c1-9-62(53(8,51(2,3)4)52(5,6)7)34-31-41(36-69-43-15-11-10-12-16-43)59-47-28-27-44(35-48(47)70(65,66)54(56,57)58)71(67,68)60-50(64)39-21-25-42(26-22-39)61-32-29-38(30-33-61)49(63)46-18-14-13-17-45(46)37-19-23-40(55)24-20-37/h10-28,35,38,41,49,59,63H,9,29-34,36H2,1-8H3,(H,60,64)/t41-,49-/m1/s1. The number of nitrogens with zero attached hydrogens (tertiary/aromatic N) is 2. The highest BCUT2D eigenvalue weighted by Crippen LogP contribution is 2.48. The third-order valence-corrected chi connectivity index (χ3v) is 18.5. The molecule has 1 saturated heterocycles. The summed E-state index contributed by atoms with van der Waals surface area (Å²) in [5.74, 6) is -0.741. The summed E-state index contributed by atoms with van der Waals surface area (Å²) >= 11 is 7.57. The molecule has 384 valence electrons. The number of piperidine rings is 1. The number of alkyl halides is 3. The maximum absolute atomic E-state index is 14.4. The molecule has 0 spiro atoms. The van der Waals surface area contributed by atoms with Crippen molar-refractivity contribution in [3.05, 3.63) is 137 Å². The quantitative estimate of drug-likeness (QED) is 0.0728. The zero-order valence-electron chi connectivity index (χ0n) is 41.6. The Bertz CT molecular complexity index is 2820. The lowest BCUT2D eigenvalue weighted by Crippen LogP contribution is -2.63. The van der Waals surface area contributed by atoms with Crippen molar-refractivity contribution in [2.75, 3.05) is 42.1 Å². The van der Waals surface area contributed by atoms with E-state index >= 15 is 0 Å². The summed E-state index contributed by atoms with van der Waals surface area (Å²) in [6.07, 6.45) is 1.05. The number of aliphatic hydroxyl groups is 1. The van der Waals surface area contributed by atoms with Crippen LogP contribution in [0.4, 0.5) is 24.5 Å². The van der Waals surface area contributed by atoms with Crippen molar-refractivity contribution in [1.82, 2.24) is 9.62 Å². The number of sulfonamides is 1. The second-order valence-corrected chi connectivity index (χ2v) is 25.5. The number of thioether (sulfide) groups is 1. The summed E-state index contributed by atoms with van der Waals surface area (Å²) in [7, 11) is -11.0. The minimum atomic E-state index is -6.11. The van der Waals surface area contributed by atoms with Gasteiger partial charge in [0, 0.05) is 58.1 Å². The van der Waals surface area contributed by atoms with Crippen LogP contribution in [0.5, 0.6) is 0 Å². The highest BCUT2D eigenvalue weighted by Gasteiger charge is 2.51. The number of amides is 1. The van der Waals surface area contributed by atoms with E-state index in [0.29, 0.717) is 62.3 Å². The minimum Gasteiger partial charge on any atom is -0.388 e. The van der Waals surface area contributed by atoms with E-state index in [1.165, 1.54) is 23.9 Å². The molecule has 6 rings (SSSR count). The molecule has 1 aliphatic heterocycles. The first kappa shape index (κ1) is 55.7. The second kappa shape index (κ2) is 22.3. The molecule has 2 atom stereocenters. The molecular weight excluding hydrogens is 989 g/mol. The average molecular weight is 1060 g/mol. The third-order valence-electron chi connectivity index (χ3n) is 14.2. The van der Waals surface area contributed by atoms with Crippen LogP contribution in [0.3, 0.4) is 0 Å². The maximum atomic E-state index is 14.4. The highest BCUT2D eigenvalue weighted by molar-refractivity contribution is 7.99. The number of benzene rings is 5. The fourth-order valence-corrected chi connectivity index (χ4v) is 12.9. The normalized spacial score (nSPS) is 15.4. The van der Waals surface area contributed by atoms with Gasteiger partial charge in [0.1, 0.15) is 4.90 Å². The number of rotatable bonds is 18. The first-order chi connectivity index (χ1) is 33.2. The van der Waals surface area contributed by atoms with Crippen LogP contribution in [0.25, 0.3) is 11.1 Å². The van der Waals surface area contributed by atoms with Crippen molar-refractivity contribution >= 4 is 60.5 Å². The Balaban J connectivity index is 1.18. The maximum Gasteiger partial charge on any atom is 0.501 e. The summed E-state index contributed by atoms with van der Waals surface area (Å²) in [4.78, 5) is 16.7. The van der Waals surface area contributed by atoms with Gasteiger partial charge in [-0.25, -0.2) is 21.6 Å². The van der Waals surface area contributed by atoms with Crippen LogP contribution in [-0.4, -0.2) is 81.8 Å². The first-order valence-electron chi connectivity index (χ1n) is 23.8. The molecule has 5 aromatic rings. The Labute approximate surface area is 427 Å². The molecular formula is C54H66ClF3N4O6S3. The van der Waals surface area contributed by atoms with Gasteiger partial charge in [-0.05, 0) is 133 Å². The predicted octanol–water partition coefficient (Wildman–Crippen LogP) is 12.5. The molecule has 0 bridgehead atoms. The molecule has 5 aromatic carbocycles. The highest BCUT2D eigenvalue weighted by atomic mass is 35.5. The van der Waals surface area contributed by atoms with Crippen LogP contribution in [0.2, 0.25) is 5.02 Å². The number of anilines is 2. The Morgan fingerprint density at radius 2 is 1.41 bits per heavy atom. The molecule has 0 aliphatic carbocycles. The molecule has 1 aliphatic rings. The molecule has 3 N–H and O–H groups in total. The van der Waals surface area contributed by atoms with Gasteiger partial charge in [0.25, 0.3) is 25.8 Å². The molecule has 1 fully saturated rings. The molecule has 0 radical (unpaired) electrons. The van der Waals surface area contributed by atoms with Crippen molar-refractivity contribution in [2.24, 2.45) is 16.7 Å². The Kier molecular flexibility index (Phi) is 17.5. The largest absolute Gasteiger partial charge is 0.501 e. The van der Waals surface area contributed by atoms with E-state index in [1.807, 2.05) is 83.6 Å². The number of sulfone groups is 1. The van der Waals surface area contributed by atoms with Gasteiger partial charge in [0.15, 0.2) is 0 Å². The van der Waals surface area contributed by atoms with E-state index < -0.39 is 58.9 Å². The average Bonchev–Trinajstić information content (AvgIpc) is 3.32. The smallest absolute Gasteiger partial charge is 0.388 e. The first-order valence-corrected chi connectivity index (χ1v) is 28.1. The summed E-state index contributed by atoms with van der Waals surface area (Å²) < 4.78 is 99.3. The summed E-state index contributed by atoms with van der Waals surface area (Å²) in [5, 5.41) is 15.3. The fraction of sp³-hybridized carbons (Fsp3) is 0.426. The van der Waals surface area contributed by atoms with E-state index in [9.17, 15) is 39.9 Å². The van der Waals surface area contributed by atoms with E-state index in [-0.39, 0.29) is 27.9 Å². The zero-order valence-corrected chi connectivity index (χ0v) is 44.8. The number of halogens is 4. The summed E-state index contributed by atoms with van der Waals surface area (Å²) in [6, 6.07) is 32.7. The van der Waals surface area contributed by atoms with Crippen molar-refractivity contribution in [2.45, 2.75) is 113 Å². The molecule has 0 aromatic heterocycles. The molecule has 10 nitrogen and oxygen atoms in total. The van der Waals surface area contributed by atoms with E-state index in [1.54, 1.807) is 12.1 Å². The van der Waals surface area contributed by atoms with E-state index in [0.717, 1.165) is 39.4 Å². The molecule has 0 unspecified atom stereocenters. The van der Waals surface area contributed by atoms with Crippen molar-refractivity contribution < 1.29 is 39.9 Å². The monoisotopic (exact) mass is 1050 g/mol. The van der Waals surface area contributed by atoms with E-state index in [4.69, 9.17) is 11.6 Å². The Hall–Kier alpha value is -4.58. The Morgan fingerprint density at radius 3 is 1.99 bits per heavy atom. The van der Waals surface area contributed by atoms with Crippen LogP contribution >= 0.6 is 23.4 Å². The van der Waals surface area contributed by atoms with Crippen molar-refractivity contribution in [1.29, 1.82) is 0 Å². The van der Waals surface area contributed by atoms with Crippen LogP contribution in [0.1, 0.15) is 96.7 Å². The van der Waals surface area contributed by atoms with E-state index in [2.05, 4.69) is 70.5 Å². The second-order valence-electron chi connectivity index (χ2n) is 20.4. The van der Waals surface area contributed by atoms with Crippen LogP contribution in [0.15, 0.2) is 136 Å². The minimum absolute atomic E-state index is 0.0214. The molecule has 71 heavy (non-hydrogen) atoms. The van der Waals surface area contributed by atoms with Gasteiger partial charge in [-0.1, -0.05) is 115 Å². The van der Waals surface area contributed by atoms with Gasteiger partial charge in [0.2, 0.25) is 0 Å². The molecule has 1 amide bonds. The predicted molar refractivity (Wildman–Crippen MR) is 281 cm³/mol.